The average Bonchev–Trinajstić information content (AvgIpc) is 2.46. The van der Waals surface area contributed by atoms with E-state index in [1.165, 1.54) is 7.11 Å². The van der Waals surface area contributed by atoms with Crippen molar-refractivity contribution in [3.8, 4) is 0 Å². The molecule has 1 aromatic carbocycles. The molecule has 1 saturated heterocycles. The number of nitrogens with two attached hydrogens (primary N) is 1. The van der Waals surface area contributed by atoms with Crippen molar-refractivity contribution in [1.82, 2.24) is 0 Å². The van der Waals surface area contributed by atoms with E-state index in [9.17, 15) is 4.79 Å². The number of benzene rings is 1. The summed E-state index contributed by atoms with van der Waals surface area (Å²) in [6.45, 7) is 2.41. The minimum Gasteiger partial charge on any atom is -0.465 e. The molecule has 0 aromatic heterocycles. The van der Waals surface area contributed by atoms with E-state index in [0.717, 1.165) is 32.6 Å². The van der Waals surface area contributed by atoms with Crippen molar-refractivity contribution in [2.75, 3.05) is 37.9 Å². The van der Waals surface area contributed by atoms with Gasteiger partial charge in [0.15, 0.2) is 0 Å². The molecule has 0 bridgehead atoms. The highest BCUT2D eigenvalue weighted by molar-refractivity contribution is 5.98. The Hall–Kier alpha value is -1.75. The van der Waals surface area contributed by atoms with Crippen molar-refractivity contribution in [2.45, 2.75) is 12.8 Å². The molecular formula is C14H20N2O3. The molecule has 1 aromatic rings. The lowest BCUT2D eigenvalue weighted by Crippen LogP contribution is -2.23. The lowest BCUT2D eigenvalue weighted by molar-refractivity contribution is 0.0601. The molecule has 0 atom stereocenters. The Bertz CT molecular complexity index is 442. The standard InChI is InChI=1S/C14H20N2O3/c1-18-14(17)11-3-2-4-12(15)13(11)16-9-10-5-7-19-8-6-10/h2-4,10,16H,5-9,15H2,1H3. The molecule has 2 rings (SSSR count). The Kier molecular flexibility index (Phi) is 4.63. The topological polar surface area (TPSA) is 73.6 Å². The second kappa shape index (κ2) is 6.43. The molecule has 5 heteroatoms. The van der Waals surface area contributed by atoms with Crippen LogP contribution in [0.5, 0.6) is 0 Å². The van der Waals surface area contributed by atoms with E-state index >= 15 is 0 Å². The maximum absolute atomic E-state index is 11.7. The molecule has 0 spiro atoms. The zero-order chi connectivity index (χ0) is 13.7. The summed E-state index contributed by atoms with van der Waals surface area (Å²) in [5.41, 5.74) is 7.65. The zero-order valence-electron chi connectivity index (χ0n) is 11.1. The molecule has 0 unspecified atom stereocenters. The van der Waals surface area contributed by atoms with Gasteiger partial charge in [-0.2, -0.15) is 0 Å². The van der Waals surface area contributed by atoms with E-state index in [2.05, 4.69) is 5.32 Å². The minimum absolute atomic E-state index is 0.373. The van der Waals surface area contributed by atoms with Gasteiger partial charge in [0.25, 0.3) is 0 Å². The van der Waals surface area contributed by atoms with Crippen LogP contribution >= 0.6 is 0 Å². The lowest BCUT2D eigenvalue weighted by atomic mass is 10.00. The molecule has 1 aliphatic heterocycles. The quantitative estimate of drug-likeness (QED) is 0.641. The predicted octanol–water partition coefficient (Wildman–Crippen LogP) is 1.89. The second-order valence-corrected chi connectivity index (χ2v) is 4.70. The first-order valence-electron chi connectivity index (χ1n) is 6.50. The number of nitrogen functional groups attached to an aromatic ring is 1. The van der Waals surface area contributed by atoms with E-state index in [1.54, 1.807) is 18.2 Å². The summed E-state index contributed by atoms with van der Waals surface area (Å²) in [4.78, 5) is 11.7. The number of anilines is 2. The largest absolute Gasteiger partial charge is 0.465 e. The van der Waals surface area contributed by atoms with Crippen molar-refractivity contribution >= 4 is 17.3 Å². The highest BCUT2D eigenvalue weighted by atomic mass is 16.5. The number of carbonyl (C=O) groups excluding carboxylic acids is 1. The minimum atomic E-state index is -0.373. The van der Waals surface area contributed by atoms with Crippen molar-refractivity contribution < 1.29 is 14.3 Å². The van der Waals surface area contributed by atoms with Crippen LogP contribution in [0.15, 0.2) is 18.2 Å². The normalized spacial score (nSPS) is 16.1. The van der Waals surface area contributed by atoms with Gasteiger partial charge in [-0.3, -0.25) is 0 Å². The van der Waals surface area contributed by atoms with Gasteiger partial charge < -0.3 is 20.5 Å². The molecule has 0 saturated carbocycles. The van der Waals surface area contributed by atoms with Crippen LogP contribution in [0.1, 0.15) is 23.2 Å². The number of para-hydroxylation sites is 1. The summed E-state index contributed by atoms with van der Waals surface area (Å²) >= 11 is 0. The van der Waals surface area contributed by atoms with Crippen LogP contribution in [0.3, 0.4) is 0 Å². The third-order valence-electron chi connectivity index (χ3n) is 3.41. The Morgan fingerprint density at radius 3 is 2.89 bits per heavy atom. The fourth-order valence-corrected chi connectivity index (χ4v) is 2.24. The first kappa shape index (κ1) is 13.7. The van der Waals surface area contributed by atoms with Gasteiger partial charge in [0.2, 0.25) is 0 Å². The molecule has 0 amide bonds. The van der Waals surface area contributed by atoms with Crippen molar-refractivity contribution in [1.29, 1.82) is 0 Å². The molecular weight excluding hydrogens is 244 g/mol. The molecule has 1 aliphatic rings. The number of nitrogens with one attached hydrogen (secondary N) is 1. The molecule has 19 heavy (non-hydrogen) atoms. The molecule has 5 nitrogen and oxygen atoms in total. The van der Waals surface area contributed by atoms with E-state index < -0.39 is 0 Å². The van der Waals surface area contributed by atoms with Gasteiger partial charge in [0.1, 0.15) is 0 Å². The Labute approximate surface area is 113 Å². The highest BCUT2D eigenvalue weighted by Crippen LogP contribution is 2.25. The highest BCUT2D eigenvalue weighted by Gasteiger charge is 2.17. The van der Waals surface area contributed by atoms with Crippen LogP contribution in [-0.2, 0) is 9.47 Å². The molecule has 1 heterocycles. The van der Waals surface area contributed by atoms with Gasteiger partial charge >= 0.3 is 5.97 Å². The Morgan fingerprint density at radius 2 is 2.21 bits per heavy atom. The molecule has 0 aliphatic carbocycles. The number of hydrogen-bond acceptors (Lipinski definition) is 5. The van der Waals surface area contributed by atoms with E-state index in [1.807, 2.05) is 0 Å². The van der Waals surface area contributed by atoms with Gasteiger partial charge in [0, 0.05) is 19.8 Å². The summed E-state index contributed by atoms with van der Waals surface area (Å²) in [6, 6.07) is 5.24. The number of hydrogen-bond donors (Lipinski definition) is 2. The number of esters is 1. The van der Waals surface area contributed by atoms with Crippen LogP contribution in [0, 0.1) is 5.92 Å². The average molecular weight is 264 g/mol. The maximum atomic E-state index is 11.7. The monoisotopic (exact) mass is 264 g/mol. The van der Waals surface area contributed by atoms with E-state index in [0.29, 0.717) is 22.9 Å². The summed E-state index contributed by atoms with van der Waals surface area (Å²) in [6.07, 6.45) is 2.07. The van der Waals surface area contributed by atoms with Crippen LogP contribution in [0.25, 0.3) is 0 Å². The van der Waals surface area contributed by atoms with Gasteiger partial charge in [-0.15, -0.1) is 0 Å². The lowest BCUT2D eigenvalue weighted by Gasteiger charge is -2.23. The molecule has 104 valence electrons. The number of rotatable bonds is 4. The number of carbonyl (C=O) groups is 1. The molecule has 3 N–H and O–H groups in total. The number of methoxy groups -OCH3 is 1. The molecule has 0 radical (unpaired) electrons. The van der Waals surface area contributed by atoms with Gasteiger partial charge in [0.05, 0.1) is 24.0 Å². The second-order valence-electron chi connectivity index (χ2n) is 4.70. The first-order valence-corrected chi connectivity index (χ1v) is 6.50. The predicted molar refractivity (Wildman–Crippen MR) is 74.2 cm³/mol. The van der Waals surface area contributed by atoms with Crippen LogP contribution in [0.2, 0.25) is 0 Å². The van der Waals surface area contributed by atoms with Crippen molar-refractivity contribution in [3.63, 3.8) is 0 Å². The third-order valence-corrected chi connectivity index (χ3v) is 3.41. The van der Waals surface area contributed by atoms with E-state index in [-0.39, 0.29) is 5.97 Å². The summed E-state index contributed by atoms with van der Waals surface area (Å²) < 4.78 is 10.1. The SMILES string of the molecule is COC(=O)c1cccc(N)c1NCC1CCOCC1. The Balaban J connectivity index is 2.07. The third kappa shape index (κ3) is 3.38. The van der Waals surface area contributed by atoms with Crippen molar-refractivity contribution in [3.05, 3.63) is 23.8 Å². The van der Waals surface area contributed by atoms with Crippen LogP contribution in [-0.4, -0.2) is 32.8 Å². The van der Waals surface area contributed by atoms with Crippen molar-refractivity contribution in [2.24, 2.45) is 5.92 Å². The summed E-state index contributed by atoms with van der Waals surface area (Å²) in [5.74, 6) is 0.181. The van der Waals surface area contributed by atoms with Crippen LogP contribution in [0.4, 0.5) is 11.4 Å². The van der Waals surface area contributed by atoms with Crippen LogP contribution < -0.4 is 11.1 Å². The smallest absolute Gasteiger partial charge is 0.340 e. The molecule has 1 fully saturated rings. The van der Waals surface area contributed by atoms with Gasteiger partial charge in [-0.25, -0.2) is 4.79 Å². The maximum Gasteiger partial charge on any atom is 0.340 e. The fraction of sp³-hybridized carbons (Fsp3) is 0.500. The Morgan fingerprint density at radius 1 is 1.47 bits per heavy atom. The number of ether oxygens (including phenoxy) is 2. The van der Waals surface area contributed by atoms with E-state index in [4.69, 9.17) is 15.2 Å². The zero-order valence-corrected chi connectivity index (χ0v) is 11.1. The first-order chi connectivity index (χ1) is 9.22. The fourth-order valence-electron chi connectivity index (χ4n) is 2.24. The van der Waals surface area contributed by atoms with Gasteiger partial charge in [-0.05, 0) is 30.9 Å². The summed E-state index contributed by atoms with van der Waals surface area (Å²) in [5, 5.41) is 3.29. The van der Waals surface area contributed by atoms with Gasteiger partial charge in [-0.1, -0.05) is 6.07 Å². The summed E-state index contributed by atoms with van der Waals surface area (Å²) in [7, 11) is 1.37.